The molecule has 1 saturated heterocycles. The first-order chi connectivity index (χ1) is 16.7. The van der Waals surface area contributed by atoms with Gasteiger partial charge in [-0.2, -0.15) is 0 Å². The van der Waals surface area contributed by atoms with Gasteiger partial charge in [0.25, 0.3) is 0 Å². The summed E-state index contributed by atoms with van der Waals surface area (Å²) in [5.74, 6) is -0.563. The molecule has 5 rings (SSSR count). The maximum atomic E-state index is 13.7. The average molecular weight is 486 g/mol. The number of fused-ring (bicyclic) bond motifs is 1. The molecule has 0 radical (unpaired) electrons. The fourth-order valence-electron chi connectivity index (χ4n) is 8.24. The summed E-state index contributed by atoms with van der Waals surface area (Å²) in [5, 5.41) is 12.6. The number of nitrogens with one attached hydrogen (secondary N) is 1. The van der Waals surface area contributed by atoms with Crippen LogP contribution in [0.15, 0.2) is 30.4 Å². The Labute approximate surface area is 206 Å². The zero-order valence-electron chi connectivity index (χ0n) is 21.3. The summed E-state index contributed by atoms with van der Waals surface area (Å²) in [4.78, 5) is 29.6. The number of quaternary nitrogens is 1. The van der Waals surface area contributed by atoms with Gasteiger partial charge in [-0.05, 0) is 24.1 Å². The van der Waals surface area contributed by atoms with E-state index in [0.717, 1.165) is 43.6 Å². The Morgan fingerprint density at radius 3 is 2.71 bits per heavy atom. The Kier molecular flexibility index (Phi) is 5.68. The lowest BCUT2D eigenvalue weighted by molar-refractivity contribution is -0.920. The second-order valence-corrected chi connectivity index (χ2v) is 10.7. The fraction of sp³-hybridized carbons (Fsp3) is 0.630. The molecule has 3 heterocycles. The number of benzene rings is 1. The van der Waals surface area contributed by atoms with Crippen LogP contribution in [-0.4, -0.2) is 75.2 Å². The van der Waals surface area contributed by atoms with Gasteiger partial charge in [-0.1, -0.05) is 31.9 Å². The van der Waals surface area contributed by atoms with Gasteiger partial charge in [0.2, 0.25) is 5.60 Å². The highest BCUT2D eigenvalue weighted by Crippen LogP contribution is 2.64. The van der Waals surface area contributed by atoms with E-state index in [4.69, 9.17) is 14.2 Å². The number of hydrogen-bond acceptors (Lipinski definition) is 7. The summed E-state index contributed by atoms with van der Waals surface area (Å²) in [5.41, 5.74) is -1.26. The van der Waals surface area contributed by atoms with Crippen molar-refractivity contribution < 1.29 is 33.8 Å². The van der Waals surface area contributed by atoms with Gasteiger partial charge >= 0.3 is 11.9 Å². The third-order valence-electron chi connectivity index (χ3n) is 9.15. The smallest absolute Gasteiger partial charge is 0.344 e. The Morgan fingerprint density at radius 1 is 1.29 bits per heavy atom. The second-order valence-electron chi connectivity index (χ2n) is 10.7. The van der Waals surface area contributed by atoms with Crippen LogP contribution >= 0.6 is 0 Å². The summed E-state index contributed by atoms with van der Waals surface area (Å²) in [7, 11) is 4.83. The van der Waals surface area contributed by atoms with Crippen molar-refractivity contribution in [3.8, 4) is 5.75 Å². The minimum absolute atomic E-state index is 0.0305. The lowest BCUT2D eigenvalue weighted by atomic mass is 9.47. The zero-order valence-corrected chi connectivity index (χ0v) is 21.3. The Bertz CT molecular complexity index is 1070. The summed E-state index contributed by atoms with van der Waals surface area (Å²) in [6, 6.07) is 5.41. The largest absolute Gasteiger partial charge is 0.497 e. The van der Waals surface area contributed by atoms with E-state index >= 15 is 0 Å². The van der Waals surface area contributed by atoms with Gasteiger partial charge in [0.05, 0.1) is 44.2 Å². The predicted octanol–water partition coefficient (Wildman–Crippen LogP) is 1.00. The molecule has 3 aliphatic heterocycles. The molecule has 2 N–H and O–H groups in total. The molecule has 1 aromatic carbocycles. The molecule has 1 aromatic rings. The van der Waals surface area contributed by atoms with Crippen LogP contribution in [0.4, 0.5) is 5.69 Å². The summed E-state index contributed by atoms with van der Waals surface area (Å²) in [6.45, 7) is 5.24. The molecule has 4 aliphatic rings. The van der Waals surface area contributed by atoms with E-state index < -0.39 is 40.5 Å². The number of anilines is 1. The summed E-state index contributed by atoms with van der Waals surface area (Å²) < 4.78 is 16.8. The third-order valence-corrected chi connectivity index (χ3v) is 9.15. The number of unbranched alkanes of at least 4 members (excludes halogenated alkanes) is 1. The number of methoxy groups -OCH3 is 2. The quantitative estimate of drug-likeness (QED) is 0.459. The van der Waals surface area contributed by atoms with E-state index in [1.807, 2.05) is 24.1 Å². The minimum atomic E-state index is -2.07. The standard InChI is InChI=1S/C27H36N2O6/c1-6-7-11-25-12-8-14-29-15-13-26(21(25)29)19-10-9-18(33-4)16-20(19)28(3)22(26)27(32,24(31)34-5)23(25)35-17(2)30/h8-10,12,16,21-23,32H,6-7,11,13-15H2,1-5H3/p+1/t21-,22-,23+,25+,26+,27+/m0/s1. The lowest BCUT2D eigenvalue weighted by Crippen LogP contribution is -3.18. The maximum Gasteiger partial charge on any atom is 0.344 e. The van der Waals surface area contributed by atoms with Crippen molar-refractivity contribution in [3.63, 3.8) is 0 Å². The summed E-state index contributed by atoms with van der Waals surface area (Å²) in [6.07, 6.45) is 6.56. The van der Waals surface area contributed by atoms with E-state index in [1.54, 1.807) is 7.11 Å². The normalized spacial score (nSPS) is 38.4. The monoisotopic (exact) mass is 485 g/mol. The molecule has 2 fully saturated rings. The van der Waals surface area contributed by atoms with Crippen LogP contribution in [-0.2, 0) is 24.5 Å². The molecule has 0 aromatic heterocycles. The molecule has 1 unspecified atom stereocenters. The van der Waals surface area contributed by atoms with Gasteiger partial charge in [-0.3, -0.25) is 4.79 Å². The number of esters is 2. The van der Waals surface area contributed by atoms with Gasteiger partial charge in [-0.15, -0.1) is 0 Å². The molecule has 1 saturated carbocycles. The van der Waals surface area contributed by atoms with Crippen molar-refractivity contribution in [1.29, 1.82) is 0 Å². The molecule has 1 aliphatic carbocycles. The molecular weight excluding hydrogens is 448 g/mol. The number of carbonyl (C=O) groups is 2. The van der Waals surface area contributed by atoms with Crippen molar-refractivity contribution in [2.24, 2.45) is 5.41 Å². The van der Waals surface area contributed by atoms with Gasteiger partial charge < -0.3 is 29.1 Å². The van der Waals surface area contributed by atoms with Crippen molar-refractivity contribution in [2.45, 2.75) is 68.7 Å². The predicted molar refractivity (Wildman–Crippen MR) is 130 cm³/mol. The molecular formula is C27H37N2O6+. The maximum absolute atomic E-state index is 13.7. The molecule has 35 heavy (non-hydrogen) atoms. The Morgan fingerprint density at radius 2 is 2.06 bits per heavy atom. The summed E-state index contributed by atoms with van der Waals surface area (Å²) >= 11 is 0. The third kappa shape index (κ3) is 2.93. The number of aliphatic hydroxyl groups is 1. The highest BCUT2D eigenvalue weighted by molar-refractivity contribution is 5.86. The zero-order chi connectivity index (χ0) is 25.2. The highest BCUT2D eigenvalue weighted by Gasteiger charge is 2.82. The average Bonchev–Trinajstić information content (AvgIpc) is 3.36. The van der Waals surface area contributed by atoms with Crippen molar-refractivity contribution in [3.05, 3.63) is 35.9 Å². The number of ether oxygens (including phenoxy) is 3. The molecule has 0 amide bonds. The van der Waals surface area contributed by atoms with Crippen LogP contribution in [0.1, 0.15) is 45.1 Å². The number of likely N-dealkylation sites (N-methyl/N-ethyl adjacent to an activating group) is 1. The van der Waals surface area contributed by atoms with Gasteiger partial charge in [0.1, 0.15) is 11.8 Å². The van der Waals surface area contributed by atoms with Crippen LogP contribution in [0.3, 0.4) is 0 Å². The second kappa shape index (κ2) is 8.23. The van der Waals surface area contributed by atoms with Crippen LogP contribution in [0.5, 0.6) is 5.75 Å². The molecule has 1 spiro atoms. The minimum Gasteiger partial charge on any atom is -0.497 e. The van der Waals surface area contributed by atoms with E-state index in [0.29, 0.717) is 12.2 Å². The van der Waals surface area contributed by atoms with Crippen LogP contribution in [0, 0.1) is 5.41 Å². The Balaban J connectivity index is 1.85. The van der Waals surface area contributed by atoms with E-state index in [9.17, 15) is 14.7 Å². The fourth-order valence-corrected chi connectivity index (χ4v) is 8.24. The van der Waals surface area contributed by atoms with Crippen LogP contribution in [0.2, 0.25) is 0 Å². The van der Waals surface area contributed by atoms with E-state index in [-0.39, 0.29) is 6.04 Å². The number of carbonyl (C=O) groups excluding carboxylic acids is 2. The first-order valence-corrected chi connectivity index (χ1v) is 12.6. The van der Waals surface area contributed by atoms with Crippen molar-refractivity contribution >= 4 is 17.6 Å². The van der Waals surface area contributed by atoms with Gasteiger partial charge in [-0.25, -0.2) is 4.79 Å². The molecule has 8 heteroatoms. The number of nitrogens with zero attached hydrogens (tertiary/aromatic N) is 1. The molecule has 0 bridgehead atoms. The van der Waals surface area contributed by atoms with E-state index in [1.165, 1.54) is 18.9 Å². The number of hydrogen-bond donors (Lipinski definition) is 2. The number of rotatable bonds is 6. The molecule has 8 nitrogen and oxygen atoms in total. The van der Waals surface area contributed by atoms with Crippen LogP contribution < -0.4 is 14.5 Å². The Hall–Kier alpha value is -2.58. The highest BCUT2D eigenvalue weighted by atomic mass is 16.6. The molecule has 7 atom stereocenters. The van der Waals surface area contributed by atoms with E-state index in [2.05, 4.69) is 25.1 Å². The van der Waals surface area contributed by atoms with Crippen molar-refractivity contribution in [2.75, 3.05) is 39.3 Å². The SMILES string of the molecule is CCCC[C@]12C=CC[NH+]3CC[C@@]4(c5ccc(OC)cc5N(C)[C@@H]4[C@](O)(C(=O)OC)[C@@H]1OC(C)=O)[C@@H]32. The first-order valence-electron chi connectivity index (χ1n) is 12.6. The molecule has 190 valence electrons. The van der Waals surface area contributed by atoms with Gasteiger partial charge in [0.15, 0.2) is 6.10 Å². The first kappa shape index (κ1) is 24.1. The van der Waals surface area contributed by atoms with Gasteiger partial charge in [0, 0.05) is 32.1 Å². The topological polar surface area (TPSA) is 89.7 Å². The van der Waals surface area contributed by atoms with Crippen molar-refractivity contribution in [1.82, 2.24) is 0 Å². The lowest BCUT2D eigenvalue weighted by Gasteiger charge is -2.61. The van der Waals surface area contributed by atoms with Crippen LogP contribution in [0.25, 0.3) is 0 Å².